The molecule has 124 valence electrons. The van der Waals surface area contributed by atoms with Crippen molar-refractivity contribution in [1.29, 1.82) is 0 Å². The zero-order chi connectivity index (χ0) is 16.8. The van der Waals surface area contributed by atoms with Gasteiger partial charge in [-0.3, -0.25) is 0 Å². The van der Waals surface area contributed by atoms with E-state index in [0.717, 1.165) is 45.2 Å². The van der Waals surface area contributed by atoms with Gasteiger partial charge in [-0.05, 0) is 25.5 Å². The van der Waals surface area contributed by atoms with Gasteiger partial charge in [0.1, 0.15) is 5.82 Å². The van der Waals surface area contributed by atoms with Crippen LogP contribution in [0.3, 0.4) is 0 Å². The Morgan fingerprint density at radius 1 is 1.21 bits per heavy atom. The normalized spacial score (nSPS) is 14.3. The summed E-state index contributed by atoms with van der Waals surface area (Å²) in [5, 5.41) is 0. The van der Waals surface area contributed by atoms with Gasteiger partial charge in [0.2, 0.25) is 6.79 Å². The number of rotatable bonds is 3. The van der Waals surface area contributed by atoms with Crippen LogP contribution >= 0.6 is 0 Å². The van der Waals surface area contributed by atoms with Crippen LogP contribution in [0.4, 0.5) is 5.69 Å². The van der Waals surface area contributed by atoms with E-state index in [-0.39, 0.29) is 12.8 Å². The molecule has 1 unspecified atom stereocenters. The van der Waals surface area contributed by atoms with Crippen molar-refractivity contribution < 1.29 is 9.47 Å². The summed E-state index contributed by atoms with van der Waals surface area (Å²) in [4.78, 5) is 4.82. The number of anilines is 1. The van der Waals surface area contributed by atoms with Gasteiger partial charge in [0.15, 0.2) is 11.5 Å². The quantitative estimate of drug-likeness (QED) is 0.723. The molecule has 0 spiro atoms. The first-order chi connectivity index (χ1) is 11.6. The second kappa shape index (κ2) is 5.42. The van der Waals surface area contributed by atoms with E-state index in [2.05, 4.69) is 11.5 Å². The van der Waals surface area contributed by atoms with Gasteiger partial charge >= 0.3 is 0 Å². The summed E-state index contributed by atoms with van der Waals surface area (Å²) in [6.07, 6.45) is 0. The zero-order valence-corrected chi connectivity index (χ0v) is 13.7. The molecule has 0 bridgehead atoms. The van der Waals surface area contributed by atoms with Crippen molar-refractivity contribution in [3.8, 4) is 22.9 Å². The first-order valence-electron chi connectivity index (χ1n) is 7.96. The number of aromatic nitrogens is 2. The molecule has 0 fully saturated rings. The zero-order valence-electron chi connectivity index (χ0n) is 13.7. The molecule has 0 amide bonds. The van der Waals surface area contributed by atoms with Crippen molar-refractivity contribution >= 4 is 16.7 Å². The fraction of sp³-hybridized carbons (Fsp3) is 0.278. The van der Waals surface area contributed by atoms with E-state index in [1.807, 2.05) is 37.3 Å². The van der Waals surface area contributed by atoms with Crippen molar-refractivity contribution in [3.63, 3.8) is 0 Å². The molecule has 1 aliphatic rings. The highest BCUT2D eigenvalue weighted by Crippen LogP contribution is 2.38. The molecule has 6 heteroatoms. The molecule has 0 saturated carbocycles. The van der Waals surface area contributed by atoms with Crippen LogP contribution in [0, 0.1) is 6.92 Å². The van der Waals surface area contributed by atoms with Crippen molar-refractivity contribution in [2.75, 3.05) is 19.1 Å². The molecule has 24 heavy (non-hydrogen) atoms. The predicted octanol–water partition coefficient (Wildman–Crippen LogP) is 2.84. The molecular formula is C18H20N4O2. The van der Waals surface area contributed by atoms with Crippen LogP contribution in [0.15, 0.2) is 30.3 Å². The molecule has 0 saturated heterocycles. The number of nitrogens with two attached hydrogens (primary N) is 2. The van der Waals surface area contributed by atoms with Gasteiger partial charge < -0.3 is 25.5 Å². The van der Waals surface area contributed by atoms with Gasteiger partial charge in [-0.1, -0.05) is 12.1 Å². The van der Waals surface area contributed by atoms with Crippen LogP contribution in [0.2, 0.25) is 0 Å². The SMILES string of the molecule is Cc1ccc(-c2nc3cc4c(cc3n2C(C)CN)OCO4)cc1N. The van der Waals surface area contributed by atoms with E-state index in [4.69, 9.17) is 25.9 Å². The largest absolute Gasteiger partial charge is 0.454 e. The lowest BCUT2D eigenvalue weighted by molar-refractivity contribution is 0.174. The summed E-state index contributed by atoms with van der Waals surface area (Å²) in [6, 6.07) is 9.97. The van der Waals surface area contributed by atoms with Gasteiger partial charge in [-0.2, -0.15) is 0 Å². The molecular weight excluding hydrogens is 304 g/mol. The fourth-order valence-corrected chi connectivity index (χ4v) is 3.02. The Morgan fingerprint density at radius 2 is 1.96 bits per heavy atom. The Kier molecular flexibility index (Phi) is 3.35. The molecule has 1 atom stereocenters. The molecule has 2 heterocycles. The smallest absolute Gasteiger partial charge is 0.231 e. The number of fused-ring (bicyclic) bond motifs is 2. The summed E-state index contributed by atoms with van der Waals surface area (Å²) in [5.41, 5.74) is 16.6. The number of hydrogen-bond donors (Lipinski definition) is 2. The van der Waals surface area contributed by atoms with Crippen molar-refractivity contribution in [3.05, 3.63) is 35.9 Å². The van der Waals surface area contributed by atoms with Crippen molar-refractivity contribution in [1.82, 2.24) is 9.55 Å². The average molecular weight is 324 g/mol. The molecule has 3 aromatic rings. The monoisotopic (exact) mass is 324 g/mol. The minimum Gasteiger partial charge on any atom is -0.454 e. The number of benzene rings is 2. The van der Waals surface area contributed by atoms with Gasteiger partial charge in [0, 0.05) is 36.0 Å². The molecule has 1 aliphatic heterocycles. The first-order valence-corrected chi connectivity index (χ1v) is 7.96. The van der Waals surface area contributed by atoms with Crippen LogP contribution in [0.1, 0.15) is 18.5 Å². The predicted molar refractivity (Wildman–Crippen MR) is 94.2 cm³/mol. The van der Waals surface area contributed by atoms with Gasteiger partial charge in [0.05, 0.1) is 11.0 Å². The topological polar surface area (TPSA) is 88.3 Å². The number of ether oxygens (including phenoxy) is 2. The Bertz CT molecular complexity index is 932. The first kappa shape index (κ1) is 14.8. The van der Waals surface area contributed by atoms with Gasteiger partial charge in [0.25, 0.3) is 0 Å². The highest BCUT2D eigenvalue weighted by molar-refractivity contribution is 5.85. The third-order valence-electron chi connectivity index (χ3n) is 4.50. The van der Waals surface area contributed by atoms with Gasteiger partial charge in [-0.15, -0.1) is 0 Å². The fourth-order valence-electron chi connectivity index (χ4n) is 3.02. The minimum atomic E-state index is 0.0906. The maximum atomic E-state index is 6.09. The van der Waals surface area contributed by atoms with Crippen molar-refractivity contribution in [2.45, 2.75) is 19.9 Å². The second-order valence-electron chi connectivity index (χ2n) is 6.16. The van der Waals surface area contributed by atoms with Crippen LogP contribution in [0.5, 0.6) is 11.5 Å². The molecule has 0 radical (unpaired) electrons. The third kappa shape index (κ3) is 2.18. The Labute approximate surface area is 140 Å². The molecule has 0 aliphatic carbocycles. The number of nitrogen functional groups attached to an aromatic ring is 1. The maximum absolute atomic E-state index is 6.09. The van der Waals surface area contributed by atoms with E-state index in [0.29, 0.717) is 6.54 Å². The number of hydrogen-bond acceptors (Lipinski definition) is 5. The molecule has 6 nitrogen and oxygen atoms in total. The lowest BCUT2D eigenvalue weighted by atomic mass is 10.1. The van der Waals surface area contributed by atoms with Gasteiger partial charge in [-0.25, -0.2) is 4.98 Å². The van der Waals surface area contributed by atoms with E-state index < -0.39 is 0 Å². The summed E-state index contributed by atoms with van der Waals surface area (Å²) in [6.45, 7) is 4.82. The summed E-state index contributed by atoms with van der Waals surface area (Å²) < 4.78 is 13.1. The Morgan fingerprint density at radius 3 is 2.67 bits per heavy atom. The average Bonchev–Trinajstić information content (AvgIpc) is 3.17. The highest BCUT2D eigenvalue weighted by atomic mass is 16.7. The molecule has 4 N–H and O–H groups in total. The van der Waals surface area contributed by atoms with Crippen molar-refractivity contribution in [2.24, 2.45) is 5.73 Å². The second-order valence-corrected chi connectivity index (χ2v) is 6.16. The van der Waals surface area contributed by atoms with E-state index in [1.54, 1.807) is 0 Å². The Balaban J connectivity index is 1.98. The third-order valence-corrected chi connectivity index (χ3v) is 4.50. The van der Waals surface area contributed by atoms with E-state index >= 15 is 0 Å². The lowest BCUT2D eigenvalue weighted by Crippen LogP contribution is -2.17. The van der Waals surface area contributed by atoms with E-state index in [1.165, 1.54) is 0 Å². The molecule has 4 rings (SSSR count). The highest BCUT2D eigenvalue weighted by Gasteiger charge is 2.22. The molecule has 1 aromatic heterocycles. The summed E-state index contributed by atoms with van der Waals surface area (Å²) in [7, 11) is 0. The number of aryl methyl sites for hydroxylation is 1. The van der Waals surface area contributed by atoms with Crippen LogP contribution < -0.4 is 20.9 Å². The standard InChI is InChI=1S/C18H20N4O2/c1-10-3-4-12(5-13(10)20)18-21-14-6-16-17(24-9-23-16)7-15(14)22(18)11(2)8-19/h3-7,11H,8-9,19-20H2,1-2H3. The van der Waals surface area contributed by atoms with E-state index in [9.17, 15) is 0 Å². The van der Waals surface area contributed by atoms with Crippen LogP contribution in [-0.4, -0.2) is 22.9 Å². The number of imidazole rings is 1. The summed E-state index contributed by atoms with van der Waals surface area (Å²) >= 11 is 0. The Hall–Kier alpha value is -2.73. The minimum absolute atomic E-state index is 0.0906. The lowest BCUT2D eigenvalue weighted by Gasteiger charge is -2.16. The number of nitrogens with zero attached hydrogens (tertiary/aromatic N) is 2. The van der Waals surface area contributed by atoms with Crippen LogP contribution in [0.25, 0.3) is 22.4 Å². The molecule has 2 aromatic carbocycles. The maximum Gasteiger partial charge on any atom is 0.231 e. The summed E-state index contributed by atoms with van der Waals surface area (Å²) in [5.74, 6) is 2.31. The van der Waals surface area contributed by atoms with Crippen LogP contribution in [-0.2, 0) is 0 Å².